The van der Waals surface area contributed by atoms with Gasteiger partial charge in [0, 0.05) is 6.04 Å². The highest BCUT2D eigenvalue weighted by Crippen LogP contribution is 2.34. The third-order valence-electron chi connectivity index (χ3n) is 7.30. The predicted octanol–water partition coefficient (Wildman–Crippen LogP) is 10.2. The number of unbranched alkanes of at least 4 members (excludes halogenated alkanes) is 12. The third kappa shape index (κ3) is 9.81. The molecule has 0 aliphatic heterocycles. The van der Waals surface area contributed by atoms with Gasteiger partial charge in [-0.15, -0.1) is 0 Å². The van der Waals surface area contributed by atoms with Crippen molar-refractivity contribution in [2.45, 2.75) is 142 Å². The lowest BCUT2D eigenvalue weighted by molar-refractivity contribution is 0.522. The topological polar surface area (TPSA) is 26.0 Å². The first kappa shape index (κ1) is 27.9. The Labute approximate surface area is 205 Å². The molecule has 1 heteroatoms. The molecule has 186 valence electrons. The Hall–Kier alpha value is -1.34. The Kier molecular flexibility index (Phi) is 14.5. The van der Waals surface area contributed by atoms with Gasteiger partial charge in [-0.2, -0.15) is 0 Å². The zero-order valence-corrected chi connectivity index (χ0v) is 22.3. The molecule has 0 spiro atoms. The number of hydrogen-bond acceptors (Lipinski definition) is 1. The van der Waals surface area contributed by atoms with E-state index in [0.717, 1.165) is 12.8 Å². The van der Waals surface area contributed by atoms with E-state index in [1.165, 1.54) is 125 Å². The summed E-state index contributed by atoms with van der Waals surface area (Å²) in [5.41, 5.74) is 11.4. The summed E-state index contributed by atoms with van der Waals surface area (Å²) in [7, 11) is 0. The number of nitrogens with two attached hydrogens (primary N) is 1. The summed E-state index contributed by atoms with van der Waals surface area (Å²) in [6, 6.07) is 11.5. The van der Waals surface area contributed by atoms with Gasteiger partial charge in [-0.25, -0.2) is 0 Å². The molecule has 2 rings (SSSR count). The fourth-order valence-corrected chi connectivity index (χ4v) is 5.47. The van der Waals surface area contributed by atoms with Gasteiger partial charge in [-0.3, -0.25) is 0 Å². The van der Waals surface area contributed by atoms with Crippen LogP contribution in [0.25, 0.3) is 10.8 Å². The van der Waals surface area contributed by atoms with Crippen LogP contribution in [0.4, 0.5) is 0 Å². The SMILES string of the molecule is CCCCCCCCCCCCCCCC(N)c1c(CCC)c(CCC)cc2ccccc12. The molecular formula is C32H53N. The molecule has 2 N–H and O–H groups in total. The molecule has 0 aromatic heterocycles. The summed E-state index contributed by atoms with van der Waals surface area (Å²) < 4.78 is 0. The third-order valence-corrected chi connectivity index (χ3v) is 7.30. The van der Waals surface area contributed by atoms with Crippen LogP contribution in [0.2, 0.25) is 0 Å². The van der Waals surface area contributed by atoms with E-state index in [0.29, 0.717) is 0 Å². The lowest BCUT2D eigenvalue weighted by atomic mass is 9.85. The number of rotatable bonds is 19. The van der Waals surface area contributed by atoms with Crippen molar-refractivity contribution >= 4 is 10.8 Å². The minimum atomic E-state index is 0.168. The van der Waals surface area contributed by atoms with Crippen molar-refractivity contribution in [3.8, 4) is 0 Å². The molecule has 0 heterocycles. The molecule has 0 aliphatic carbocycles. The van der Waals surface area contributed by atoms with E-state index in [1.807, 2.05) is 0 Å². The van der Waals surface area contributed by atoms with Gasteiger partial charge in [-0.05, 0) is 46.7 Å². The Morgan fingerprint density at radius 2 is 1.18 bits per heavy atom. The second-order valence-corrected chi connectivity index (χ2v) is 10.3. The molecule has 0 radical (unpaired) electrons. The normalized spacial score (nSPS) is 12.5. The average molecular weight is 452 g/mol. The van der Waals surface area contributed by atoms with Crippen molar-refractivity contribution < 1.29 is 0 Å². The van der Waals surface area contributed by atoms with Crippen LogP contribution in [0.1, 0.15) is 146 Å². The maximum atomic E-state index is 6.90. The van der Waals surface area contributed by atoms with Gasteiger partial charge in [0.2, 0.25) is 0 Å². The number of aryl methyl sites for hydroxylation is 1. The van der Waals surface area contributed by atoms with Crippen molar-refractivity contribution in [3.05, 3.63) is 47.0 Å². The predicted molar refractivity (Wildman–Crippen MR) is 149 cm³/mol. The van der Waals surface area contributed by atoms with Crippen LogP contribution in [0.15, 0.2) is 30.3 Å². The summed E-state index contributed by atoms with van der Waals surface area (Å²) in [4.78, 5) is 0. The van der Waals surface area contributed by atoms with Gasteiger partial charge in [0.05, 0.1) is 0 Å². The van der Waals surface area contributed by atoms with E-state index in [2.05, 4.69) is 51.1 Å². The fraction of sp³-hybridized carbons (Fsp3) is 0.688. The van der Waals surface area contributed by atoms with Crippen molar-refractivity contribution in [2.75, 3.05) is 0 Å². The van der Waals surface area contributed by atoms with Gasteiger partial charge < -0.3 is 5.73 Å². The summed E-state index contributed by atoms with van der Waals surface area (Å²) in [5.74, 6) is 0. The number of benzene rings is 2. The second-order valence-electron chi connectivity index (χ2n) is 10.3. The van der Waals surface area contributed by atoms with Gasteiger partial charge >= 0.3 is 0 Å². The molecule has 33 heavy (non-hydrogen) atoms. The zero-order chi connectivity index (χ0) is 23.7. The minimum absolute atomic E-state index is 0.168. The van der Waals surface area contributed by atoms with Crippen LogP contribution in [0.5, 0.6) is 0 Å². The molecule has 1 nitrogen and oxygen atoms in total. The van der Waals surface area contributed by atoms with E-state index in [1.54, 1.807) is 5.56 Å². The van der Waals surface area contributed by atoms with Crippen LogP contribution >= 0.6 is 0 Å². The van der Waals surface area contributed by atoms with Gasteiger partial charge in [0.25, 0.3) is 0 Å². The molecule has 0 fully saturated rings. The summed E-state index contributed by atoms with van der Waals surface area (Å²) in [6.07, 6.45) is 24.1. The number of hydrogen-bond donors (Lipinski definition) is 1. The average Bonchev–Trinajstić information content (AvgIpc) is 2.82. The maximum Gasteiger partial charge on any atom is 0.0303 e. The number of fused-ring (bicyclic) bond motifs is 1. The van der Waals surface area contributed by atoms with E-state index in [-0.39, 0.29) is 6.04 Å². The Bertz CT molecular complexity index is 762. The zero-order valence-electron chi connectivity index (χ0n) is 22.3. The van der Waals surface area contributed by atoms with E-state index in [9.17, 15) is 0 Å². The summed E-state index contributed by atoms with van der Waals surface area (Å²) in [5, 5.41) is 2.76. The highest BCUT2D eigenvalue weighted by molar-refractivity contribution is 5.88. The Morgan fingerprint density at radius 1 is 0.636 bits per heavy atom. The summed E-state index contributed by atoms with van der Waals surface area (Å²) in [6.45, 7) is 6.88. The molecule has 0 amide bonds. The van der Waals surface area contributed by atoms with Gasteiger partial charge in [0.1, 0.15) is 0 Å². The minimum Gasteiger partial charge on any atom is -0.324 e. The highest BCUT2D eigenvalue weighted by Gasteiger charge is 2.18. The largest absolute Gasteiger partial charge is 0.324 e. The highest BCUT2D eigenvalue weighted by atomic mass is 14.6. The monoisotopic (exact) mass is 451 g/mol. The molecule has 2 aromatic carbocycles. The molecule has 0 saturated carbocycles. The van der Waals surface area contributed by atoms with Crippen LogP contribution in [0, 0.1) is 0 Å². The molecular weight excluding hydrogens is 398 g/mol. The quantitative estimate of drug-likeness (QED) is 0.211. The molecule has 1 unspecified atom stereocenters. The van der Waals surface area contributed by atoms with Crippen LogP contribution in [0.3, 0.4) is 0 Å². The Morgan fingerprint density at radius 3 is 1.76 bits per heavy atom. The Balaban J connectivity index is 1.78. The molecule has 0 aliphatic rings. The fourth-order valence-electron chi connectivity index (χ4n) is 5.47. The molecule has 1 atom stereocenters. The first-order valence-corrected chi connectivity index (χ1v) is 14.5. The first-order valence-electron chi connectivity index (χ1n) is 14.5. The van der Waals surface area contributed by atoms with Gasteiger partial charge in [0.15, 0.2) is 0 Å². The van der Waals surface area contributed by atoms with Crippen molar-refractivity contribution in [1.29, 1.82) is 0 Å². The molecule has 0 bridgehead atoms. The van der Waals surface area contributed by atoms with Crippen LogP contribution < -0.4 is 5.73 Å². The smallest absolute Gasteiger partial charge is 0.0303 e. The lowest BCUT2D eigenvalue weighted by Gasteiger charge is -2.22. The lowest BCUT2D eigenvalue weighted by Crippen LogP contribution is -2.15. The molecule has 0 saturated heterocycles. The maximum absolute atomic E-state index is 6.90. The van der Waals surface area contributed by atoms with E-state index >= 15 is 0 Å². The van der Waals surface area contributed by atoms with Crippen molar-refractivity contribution in [1.82, 2.24) is 0 Å². The molecule has 2 aromatic rings. The van der Waals surface area contributed by atoms with Crippen molar-refractivity contribution in [2.24, 2.45) is 5.73 Å². The van der Waals surface area contributed by atoms with E-state index < -0.39 is 0 Å². The summed E-state index contributed by atoms with van der Waals surface area (Å²) >= 11 is 0. The van der Waals surface area contributed by atoms with Gasteiger partial charge in [-0.1, -0.05) is 147 Å². The standard InChI is InChI=1S/C32H53N/c1-4-7-8-9-10-11-12-13-14-15-16-17-18-25-31(33)32-29(22-6-3)27(21-5-2)26-28-23-19-20-24-30(28)32/h19-20,23-24,26,31H,4-18,21-22,25,33H2,1-3H3. The first-order chi connectivity index (χ1) is 16.2. The van der Waals surface area contributed by atoms with Crippen LogP contribution in [-0.4, -0.2) is 0 Å². The van der Waals surface area contributed by atoms with E-state index in [4.69, 9.17) is 5.73 Å². The van der Waals surface area contributed by atoms with Crippen molar-refractivity contribution in [3.63, 3.8) is 0 Å². The second kappa shape index (κ2) is 17.1. The van der Waals surface area contributed by atoms with Crippen LogP contribution in [-0.2, 0) is 12.8 Å².